The lowest BCUT2D eigenvalue weighted by Gasteiger charge is -2.23. The highest BCUT2D eigenvalue weighted by Crippen LogP contribution is 2.26. The second-order valence-electron chi connectivity index (χ2n) is 8.07. The quantitative estimate of drug-likeness (QED) is 0.754. The second-order valence-corrected chi connectivity index (χ2v) is 8.07. The molecule has 1 heterocycles. The SMILES string of the molecule is COC(=O)Cc1cc(NC(=O)C(C)(C)C)cnc1NCC1CCCCC1. The lowest BCUT2D eigenvalue weighted by Crippen LogP contribution is -2.27. The van der Waals surface area contributed by atoms with Crippen molar-refractivity contribution in [3.63, 3.8) is 0 Å². The average molecular weight is 361 g/mol. The molecule has 2 rings (SSSR count). The number of aromatic nitrogens is 1. The number of methoxy groups -OCH3 is 1. The average Bonchev–Trinajstić information content (AvgIpc) is 2.61. The van der Waals surface area contributed by atoms with E-state index < -0.39 is 5.41 Å². The number of ether oxygens (including phenoxy) is 1. The normalized spacial score (nSPS) is 15.4. The van der Waals surface area contributed by atoms with Crippen molar-refractivity contribution in [2.75, 3.05) is 24.3 Å². The van der Waals surface area contributed by atoms with E-state index >= 15 is 0 Å². The maximum atomic E-state index is 12.2. The molecule has 1 fully saturated rings. The lowest BCUT2D eigenvalue weighted by atomic mass is 9.89. The Morgan fingerprint density at radius 3 is 2.54 bits per heavy atom. The Labute approximate surface area is 156 Å². The van der Waals surface area contributed by atoms with Crippen molar-refractivity contribution in [3.8, 4) is 0 Å². The molecule has 0 saturated heterocycles. The van der Waals surface area contributed by atoms with Gasteiger partial charge >= 0.3 is 5.97 Å². The summed E-state index contributed by atoms with van der Waals surface area (Å²) >= 11 is 0. The van der Waals surface area contributed by atoms with E-state index in [1.807, 2.05) is 20.8 Å². The molecule has 0 radical (unpaired) electrons. The van der Waals surface area contributed by atoms with Crippen molar-refractivity contribution in [2.24, 2.45) is 11.3 Å². The molecule has 0 spiro atoms. The molecule has 1 amide bonds. The van der Waals surface area contributed by atoms with Gasteiger partial charge in [0.05, 0.1) is 25.4 Å². The highest BCUT2D eigenvalue weighted by atomic mass is 16.5. The molecule has 1 aliphatic rings. The van der Waals surface area contributed by atoms with Gasteiger partial charge in [0, 0.05) is 17.5 Å². The standard InChI is InChI=1S/C20H31N3O3/c1-20(2,3)19(25)23-16-10-15(11-17(24)26-4)18(22-13-16)21-12-14-8-6-5-7-9-14/h10,13-14H,5-9,11-12H2,1-4H3,(H,21,22)(H,23,25). The van der Waals surface area contributed by atoms with Gasteiger partial charge in [-0.2, -0.15) is 0 Å². The third-order valence-corrected chi connectivity index (χ3v) is 4.75. The van der Waals surface area contributed by atoms with Gasteiger partial charge in [-0.15, -0.1) is 0 Å². The minimum Gasteiger partial charge on any atom is -0.469 e. The summed E-state index contributed by atoms with van der Waals surface area (Å²) in [5.41, 5.74) is 0.826. The molecule has 0 aromatic carbocycles. The number of pyridine rings is 1. The monoisotopic (exact) mass is 361 g/mol. The van der Waals surface area contributed by atoms with E-state index in [1.54, 1.807) is 12.3 Å². The Kier molecular flexibility index (Phi) is 7.00. The van der Waals surface area contributed by atoms with Crippen molar-refractivity contribution >= 4 is 23.4 Å². The molecule has 0 unspecified atom stereocenters. The molecular weight excluding hydrogens is 330 g/mol. The fourth-order valence-electron chi connectivity index (χ4n) is 3.05. The van der Waals surface area contributed by atoms with E-state index in [9.17, 15) is 9.59 Å². The van der Waals surface area contributed by atoms with Crippen molar-refractivity contribution in [1.82, 2.24) is 4.98 Å². The van der Waals surface area contributed by atoms with E-state index in [0.29, 0.717) is 17.4 Å². The highest BCUT2D eigenvalue weighted by molar-refractivity contribution is 5.94. The molecule has 2 N–H and O–H groups in total. The molecule has 6 heteroatoms. The van der Waals surface area contributed by atoms with Crippen LogP contribution in [0.2, 0.25) is 0 Å². The van der Waals surface area contributed by atoms with E-state index in [1.165, 1.54) is 39.2 Å². The number of anilines is 2. The van der Waals surface area contributed by atoms with Crippen molar-refractivity contribution < 1.29 is 14.3 Å². The largest absolute Gasteiger partial charge is 0.469 e. The molecule has 0 aliphatic heterocycles. The van der Waals surface area contributed by atoms with Gasteiger partial charge < -0.3 is 15.4 Å². The summed E-state index contributed by atoms with van der Waals surface area (Å²) in [5, 5.41) is 6.26. The first kappa shape index (κ1) is 20.2. The van der Waals surface area contributed by atoms with E-state index in [0.717, 1.165) is 12.1 Å². The number of nitrogens with one attached hydrogen (secondary N) is 2. The molecule has 1 aromatic heterocycles. The van der Waals surface area contributed by atoms with Gasteiger partial charge in [0.25, 0.3) is 0 Å². The van der Waals surface area contributed by atoms with Gasteiger partial charge in [-0.1, -0.05) is 40.0 Å². The van der Waals surface area contributed by atoms with Crippen molar-refractivity contribution in [3.05, 3.63) is 17.8 Å². The molecule has 0 atom stereocenters. The fourth-order valence-corrected chi connectivity index (χ4v) is 3.05. The maximum Gasteiger partial charge on any atom is 0.310 e. The molecule has 1 aromatic rings. The summed E-state index contributed by atoms with van der Waals surface area (Å²) in [4.78, 5) is 28.4. The number of hydrogen-bond donors (Lipinski definition) is 2. The smallest absolute Gasteiger partial charge is 0.310 e. The van der Waals surface area contributed by atoms with Crippen LogP contribution >= 0.6 is 0 Å². The zero-order valence-corrected chi connectivity index (χ0v) is 16.4. The minimum atomic E-state index is -0.500. The number of carbonyl (C=O) groups is 2. The van der Waals surface area contributed by atoms with Crippen LogP contribution in [0.4, 0.5) is 11.5 Å². The molecule has 6 nitrogen and oxygen atoms in total. The zero-order chi connectivity index (χ0) is 19.2. The lowest BCUT2D eigenvalue weighted by molar-refractivity contribution is -0.139. The first-order chi connectivity index (χ1) is 12.3. The topological polar surface area (TPSA) is 80.3 Å². The van der Waals surface area contributed by atoms with Crippen LogP contribution in [0.3, 0.4) is 0 Å². The first-order valence-electron chi connectivity index (χ1n) is 9.40. The van der Waals surface area contributed by atoms with Crippen LogP contribution in [-0.2, 0) is 20.7 Å². The minimum absolute atomic E-state index is 0.0915. The number of hydrogen-bond acceptors (Lipinski definition) is 5. The van der Waals surface area contributed by atoms with Crippen LogP contribution < -0.4 is 10.6 Å². The molecule has 1 saturated carbocycles. The molecule has 144 valence electrons. The van der Waals surface area contributed by atoms with Gasteiger partial charge in [0.2, 0.25) is 5.91 Å². The number of rotatable bonds is 6. The predicted molar refractivity (Wildman–Crippen MR) is 103 cm³/mol. The van der Waals surface area contributed by atoms with E-state index in [4.69, 9.17) is 4.74 Å². The van der Waals surface area contributed by atoms with Crippen LogP contribution in [0.25, 0.3) is 0 Å². The van der Waals surface area contributed by atoms with Crippen LogP contribution in [0, 0.1) is 11.3 Å². The summed E-state index contributed by atoms with van der Waals surface area (Å²) in [6, 6.07) is 1.80. The Morgan fingerprint density at radius 1 is 1.23 bits per heavy atom. The summed E-state index contributed by atoms with van der Waals surface area (Å²) in [7, 11) is 1.37. The Morgan fingerprint density at radius 2 is 1.92 bits per heavy atom. The van der Waals surface area contributed by atoms with Gasteiger partial charge in [0.1, 0.15) is 5.82 Å². The van der Waals surface area contributed by atoms with Gasteiger partial charge in [-0.05, 0) is 24.8 Å². The van der Waals surface area contributed by atoms with Gasteiger partial charge in [-0.25, -0.2) is 4.98 Å². The summed E-state index contributed by atoms with van der Waals surface area (Å²) in [5.74, 6) is 0.921. The number of nitrogens with zero attached hydrogens (tertiary/aromatic N) is 1. The summed E-state index contributed by atoms with van der Waals surface area (Å²) < 4.78 is 4.80. The van der Waals surface area contributed by atoms with E-state index in [-0.39, 0.29) is 18.3 Å². The predicted octanol–water partition coefficient (Wildman–Crippen LogP) is 3.77. The van der Waals surface area contributed by atoms with Gasteiger partial charge in [-0.3, -0.25) is 9.59 Å². The molecule has 1 aliphatic carbocycles. The van der Waals surface area contributed by atoms with Crippen LogP contribution in [0.5, 0.6) is 0 Å². The second kappa shape index (κ2) is 9.01. The zero-order valence-electron chi connectivity index (χ0n) is 16.4. The van der Waals surface area contributed by atoms with Crippen LogP contribution in [0.1, 0.15) is 58.4 Å². The Balaban J connectivity index is 2.12. The maximum absolute atomic E-state index is 12.2. The molecule has 0 bridgehead atoms. The number of carbonyl (C=O) groups excluding carboxylic acids is 2. The van der Waals surface area contributed by atoms with Crippen LogP contribution in [0.15, 0.2) is 12.3 Å². The summed E-state index contributed by atoms with van der Waals surface area (Å²) in [6.07, 6.45) is 8.12. The third kappa shape index (κ3) is 6.00. The number of amides is 1. The Hall–Kier alpha value is -2.11. The fraction of sp³-hybridized carbons (Fsp3) is 0.650. The van der Waals surface area contributed by atoms with Gasteiger partial charge in [0.15, 0.2) is 0 Å². The van der Waals surface area contributed by atoms with Crippen molar-refractivity contribution in [1.29, 1.82) is 0 Å². The third-order valence-electron chi connectivity index (χ3n) is 4.75. The number of esters is 1. The van der Waals surface area contributed by atoms with E-state index in [2.05, 4.69) is 15.6 Å². The molecular formula is C20H31N3O3. The highest BCUT2D eigenvalue weighted by Gasteiger charge is 2.22. The Bertz CT molecular complexity index is 632. The first-order valence-corrected chi connectivity index (χ1v) is 9.40. The van der Waals surface area contributed by atoms with Crippen molar-refractivity contribution in [2.45, 2.75) is 59.3 Å². The molecule has 26 heavy (non-hydrogen) atoms. The van der Waals surface area contributed by atoms with Crippen LogP contribution in [-0.4, -0.2) is 30.5 Å². The summed E-state index contributed by atoms with van der Waals surface area (Å²) in [6.45, 7) is 6.41.